The van der Waals surface area contributed by atoms with Crippen LogP contribution in [0.25, 0.3) is 11.1 Å². The van der Waals surface area contributed by atoms with Crippen molar-refractivity contribution in [1.82, 2.24) is 0 Å². The van der Waals surface area contributed by atoms with Crippen molar-refractivity contribution < 1.29 is 27.4 Å². The third-order valence-electron chi connectivity index (χ3n) is 2.77. The van der Waals surface area contributed by atoms with Crippen LogP contribution in [0.3, 0.4) is 0 Å². The molecule has 0 heterocycles. The fraction of sp³-hybridized carbons (Fsp3) is 0.200. The van der Waals surface area contributed by atoms with Gasteiger partial charge in [0.2, 0.25) is 0 Å². The first kappa shape index (κ1) is 15.3. The molecule has 0 atom stereocenters. The highest BCUT2D eigenvalue weighted by Crippen LogP contribution is 2.38. The first-order valence-electron chi connectivity index (χ1n) is 6.12. The summed E-state index contributed by atoms with van der Waals surface area (Å²) < 4.78 is 57.5. The molecule has 112 valence electrons. The van der Waals surface area contributed by atoms with Crippen LogP contribution in [-0.2, 0) is 6.18 Å². The maximum absolute atomic E-state index is 13.5. The third kappa shape index (κ3) is 3.72. The minimum atomic E-state index is -4.53. The quantitative estimate of drug-likeness (QED) is 0.868. The number of halogens is 4. The summed E-state index contributed by atoms with van der Waals surface area (Å²) in [6.07, 6.45) is -4.53. The Morgan fingerprint density at radius 2 is 1.76 bits per heavy atom. The van der Waals surface area contributed by atoms with Gasteiger partial charge >= 0.3 is 6.18 Å². The van der Waals surface area contributed by atoms with E-state index in [0.29, 0.717) is 0 Å². The van der Waals surface area contributed by atoms with Crippen LogP contribution >= 0.6 is 0 Å². The van der Waals surface area contributed by atoms with Crippen LogP contribution in [0.1, 0.15) is 5.56 Å². The standard InChI is InChI=1S/C15H12F4O2/c16-11-7-10(8-12(9-11)21-6-5-20)13-3-1-2-4-14(13)15(17,18)19/h1-4,7-9,20H,5-6H2. The van der Waals surface area contributed by atoms with Gasteiger partial charge in [-0.2, -0.15) is 13.2 Å². The van der Waals surface area contributed by atoms with Crippen molar-refractivity contribution in [1.29, 1.82) is 0 Å². The van der Waals surface area contributed by atoms with E-state index < -0.39 is 17.6 Å². The Bertz CT molecular complexity index is 623. The molecule has 2 rings (SSSR count). The molecule has 0 aliphatic heterocycles. The Hall–Kier alpha value is -2.08. The minimum absolute atomic E-state index is 0.0656. The molecule has 2 aromatic rings. The summed E-state index contributed by atoms with van der Waals surface area (Å²) >= 11 is 0. The molecule has 0 aliphatic carbocycles. The highest BCUT2D eigenvalue weighted by molar-refractivity contribution is 5.69. The number of aliphatic hydroxyl groups is 1. The maximum atomic E-state index is 13.5. The number of benzene rings is 2. The highest BCUT2D eigenvalue weighted by atomic mass is 19.4. The largest absolute Gasteiger partial charge is 0.491 e. The molecule has 0 saturated carbocycles. The van der Waals surface area contributed by atoms with E-state index in [1.54, 1.807) is 0 Å². The lowest BCUT2D eigenvalue weighted by atomic mass is 9.99. The van der Waals surface area contributed by atoms with Crippen molar-refractivity contribution in [2.24, 2.45) is 0 Å². The SMILES string of the molecule is OCCOc1cc(F)cc(-c2ccccc2C(F)(F)F)c1. The number of aliphatic hydroxyl groups excluding tert-OH is 1. The average molecular weight is 300 g/mol. The molecule has 0 spiro atoms. The summed E-state index contributed by atoms with van der Waals surface area (Å²) in [5.74, 6) is -0.645. The van der Waals surface area contributed by atoms with Gasteiger partial charge in [-0.3, -0.25) is 0 Å². The van der Waals surface area contributed by atoms with E-state index in [9.17, 15) is 17.6 Å². The number of ether oxygens (including phenoxy) is 1. The van der Waals surface area contributed by atoms with Crippen molar-refractivity contribution in [3.8, 4) is 16.9 Å². The van der Waals surface area contributed by atoms with Gasteiger partial charge in [0.25, 0.3) is 0 Å². The number of alkyl halides is 3. The van der Waals surface area contributed by atoms with Gasteiger partial charge in [-0.05, 0) is 29.3 Å². The maximum Gasteiger partial charge on any atom is 0.417 e. The van der Waals surface area contributed by atoms with Gasteiger partial charge in [-0.1, -0.05) is 18.2 Å². The van der Waals surface area contributed by atoms with Crippen molar-refractivity contribution >= 4 is 0 Å². The van der Waals surface area contributed by atoms with Crippen LogP contribution in [0.4, 0.5) is 17.6 Å². The monoisotopic (exact) mass is 300 g/mol. The van der Waals surface area contributed by atoms with Crippen LogP contribution in [0, 0.1) is 5.82 Å². The Morgan fingerprint density at radius 3 is 2.43 bits per heavy atom. The lowest BCUT2D eigenvalue weighted by molar-refractivity contribution is -0.137. The summed E-state index contributed by atoms with van der Waals surface area (Å²) in [5, 5.41) is 8.67. The van der Waals surface area contributed by atoms with Crippen molar-refractivity contribution in [2.45, 2.75) is 6.18 Å². The van der Waals surface area contributed by atoms with Crippen LogP contribution in [0.2, 0.25) is 0 Å². The van der Waals surface area contributed by atoms with Gasteiger partial charge in [0.1, 0.15) is 18.2 Å². The van der Waals surface area contributed by atoms with Crippen LogP contribution in [0.15, 0.2) is 42.5 Å². The molecule has 0 amide bonds. The van der Waals surface area contributed by atoms with Crippen molar-refractivity contribution in [3.05, 3.63) is 53.8 Å². The van der Waals surface area contributed by atoms with Gasteiger partial charge in [-0.25, -0.2) is 4.39 Å². The molecular weight excluding hydrogens is 288 g/mol. The smallest absolute Gasteiger partial charge is 0.417 e. The zero-order valence-corrected chi connectivity index (χ0v) is 10.8. The average Bonchev–Trinajstić information content (AvgIpc) is 2.43. The van der Waals surface area contributed by atoms with E-state index in [-0.39, 0.29) is 30.1 Å². The molecule has 0 saturated heterocycles. The van der Waals surface area contributed by atoms with Crippen LogP contribution in [-0.4, -0.2) is 18.3 Å². The second kappa shape index (κ2) is 6.13. The number of hydrogen-bond acceptors (Lipinski definition) is 2. The van der Waals surface area contributed by atoms with E-state index in [2.05, 4.69) is 0 Å². The molecule has 21 heavy (non-hydrogen) atoms. The number of rotatable bonds is 4. The van der Waals surface area contributed by atoms with Gasteiger partial charge in [0.15, 0.2) is 0 Å². The van der Waals surface area contributed by atoms with Gasteiger partial charge in [0.05, 0.1) is 12.2 Å². The summed E-state index contributed by atoms with van der Waals surface area (Å²) in [4.78, 5) is 0. The zero-order valence-electron chi connectivity index (χ0n) is 10.8. The van der Waals surface area contributed by atoms with E-state index in [4.69, 9.17) is 9.84 Å². The third-order valence-corrected chi connectivity index (χ3v) is 2.77. The molecule has 0 fully saturated rings. The number of hydrogen-bond donors (Lipinski definition) is 1. The Morgan fingerprint density at radius 1 is 1.05 bits per heavy atom. The summed E-state index contributed by atoms with van der Waals surface area (Å²) in [6.45, 7) is -0.338. The normalized spacial score (nSPS) is 11.5. The minimum Gasteiger partial charge on any atom is -0.491 e. The fourth-order valence-corrected chi connectivity index (χ4v) is 1.95. The van der Waals surface area contributed by atoms with E-state index >= 15 is 0 Å². The van der Waals surface area contributed by atoms with Gasteiger partial charge in [-0.15, -0.1) is 0 Å². The molecule has 1 N–H and O–H groups in total. The highest BCUT2D eigenvalue weighted by Gasteiger charge is 2.33. The summed E-state index contributed by atoms with van der Waals surface area (Å²) in [6, 6.07) is 8.30. The Labute approximate surface area is 118 Å². The van der Waals surface area contributed by atoms with Crippen molar-refractivity contribution in [2.75, 3.05) is 13.2 Å². The predicted molar refractivity (Wildman–Crippen MR) is 69.4 cm³/mol. The molecule has 2 nitrogen and oxygen atoms in total. The molecule has 0 unspecified atom stereocenters. The van der Waals surface area contributed by atoms with Crippen molar-refractivity contribution in [3.63, 3.8) is 0 Å². The molecule has 6 heteroatoms. The second-order valence-electron chi connectivity index (χ2n) is 4.29. The first-order valence-corrected chi connectivity index (χ1v) is 6.12. The Balaban J connectivity index is 2.49. The van der Waals surface area contributed by atoms with Gasteiger partial charge < -0.3 is 9.84 Å². The second-order valence-corrected chi connectivity index (χ2v) is 4.29. The molecule has 0 bridgehead atoms. The Kier molecular flexibility index (Phi) is 4.47. The molecule has 2 aromatic carbocycles. The summed E-state index contributed by atoms with van der Waals surface area (Å²) in [7, 11) is 0. The molecule has 0 aromatic heterocycles. The van der Waals surface area contributed by atoms with E-state index in [1.807, 2.05) is 0 Å². The lowest BCUT2D eigenvalue weighted by Gasteiger charge is -2.14. The molecule has 0 radical (unpaired) electrons. The van der Waals surface area contributed by atoms with E-state index in [1.165, 1.54) is 24.3 Å². The predicted octanol–water partition coefficient (Wildman–Crippen LogP) is 3.88. The molecule has 0 aliphatic rings. The summed E-state index contributed by atoms with van der Waals surface area (Å²) in [5.41, 5.74) is -0.905. The van der Waals surface area contributed by atoms with Gasteiger partial charge in [0, 0.05) is 6.07 Å². The molecular formula is C15H12F4O2. The van der Waals surface area contributed by atoms with Crippen LogP contribution < -0.4 is 4.74 Å². The lowest BCUT2D eigenvalue weighted by Crippen LogP contribution is -2.07. The first-order chi connectivity index (χ1) is 9.91. The topological polar surface area (TPSA) is 29.5 Å². The fourth-order valence-electron chi connectivity index (χ4n) is 1.95. The van der Waals surface area contributed by atoms with E-state index in [0.717, 1.165) is 18.2 Å². The zero-order chi connectivity index (χ0) is 15.5. The van der Waals surface area contributed by atoms with Crippen LogP contribution in [0.5, 0.6) is 5.75 Å².